The lowest BCUT2D eigenvalue weighted by Crippen LogP contribution is -1.92. The average Bonchev–Trinajstić information content (AvgIpc) is 3.16. The van der Waals surface area contributed by atoms with Crippen molar-refractivity contribution >= 4 is 0 Å². The third-order valence-corrected chi connectivity index (χ3v) is 3.06. The molecule has 3 rings (SSSR count). The number of aromatic nitrogens is 2. The molecular formula is C15H15N3O3. The molecule has 21 heavy (non-hydrogen) atoms. The molecule has 0 atom stereocenters. The van der Waals surface area contributed by atoms with E-state index in [2.05, 4.69) is 10.1 Å². The Morgan fingerprint density at radius 3 is 2.62 bits per heavy atom. The van der Waals surface area contributed by atoms with E-state index in [0.717, 1.165) is 11.3 Å². The fourth-order valence-electron chi connectivity index (χ4n) is 1.95. The first-order chi connectivity index (χ1) is 10.3. The maximum atomic E-state index is 5.50. The maximum absolute atomic E-state index is 5.50. The quantitative estimate of drug-likeness (QED) is 0.774. The predicted octanol–water partition coefficient (Wildman–Crippen LogP) is 2.39. The van der Waals surface area contributed by atoms with Gasteiger partial charge in [0, 0.05) is 6.42 Å². The van der Waals surface area contributed by atoms with E-state index in [9.17, 15) is 0 Å². The van der Waals surface area contributed by atoms with Crippen molar-refractivity contribution in [3.63, 3.8) is 0 Å². The Morgan fingerprint density at radius 2 is 1.95 bits per heavy atom. The van der Waals surface area contributed by atoms with Crippen LogP contribution in [0.25, 0.3) is 11.7 Å². The summed E-state index contributed by atoms with van der Waals surface area (Å²) >= 11 is 0. The van der Waals surface area contributed by atoms with Crippen LogP contribution in [0.5, 0.6) is 5.75 Å². The molecule has 6 heteroatoms. The molecular weight excluding hydrogens is 270 g/mol. The zero-order chi connectivity index (χ0) is 14.7. The van der Waals surface area contributed by atoms with Crippen molar-refractivity contribution in [3.05, 3.63) is 53.5 Å². The van der Waals surface area contributed by atoms with Crippen molar-refractivity contribution < 1.29 is 13.7 Å². The first-order valence-corrected chi connectivity index (χ1v) is 6.53. The van der Waals surface area contributed by atoms with E-state index in [-0.39, 0.29) is 0 Å². The van der Waals surface area contributed by atoms with E-state index in [1.807, 2.05) is 24.3 Å². The van der Waals surface area contributed by atoms with Crippen molar-refractivity contribution in [1.29, 1.82) is 0 Å². The van der Waals surface area contributed by atoms with Crippen LogP contribution in [-0.2, 0) is 13.0 Å². The Morgan fingerprint density at radius 1 is 1.14 bits per heavy atom. The minimum Gasteiger partial charge on any atom is -0.497 e. The Bertz CT molecular complexity index is 716. The highest BCUT2D eigenvalue weighted by Gasteiger charge is 2.13. The second-order valence-corrected chi connectivity index (χ2v) is 4.51. The second-order valence-electron chi connectivity index (χ2n) is 4.51. The molecule has 0 aliphatic heterocycles. The number of furan rings is 1. The van der Waals surface area contributed by atoms with E-state index < -0.39 is 0 Å². The van der Waals surface area contributed by atoms with Gasteiger partial charge in [-0.15, -0.1) is 0 Å². The molecule has 3 aromatic rings. The number of hydrogen-bond donors (Lipinski definition) is 1. The summed E-state index contributed by atoms with van der Waals surface area (Å²) in [5.41, 5.74) is 6.58. The highest BCUT2D eigenvalue weighted by atomic mass is 16.5. The molecule has 0 bridgehead atoms. The number of hydrogen-bond acceptors (Lipinski definition) is 6. The lowest BCUT2D eigenvalue weighted by molar-refractivity contribution is 0.406. The standard InChI is InChI=1S/C15H15N3O3/c1-19-11-4-2-10(3-5-11)8-14-17-15(21-18-14)13-7-6-12(9-16)20-13/h2-7H,8-9,16H2,1H3. The highest BCUT2D eigenvalue weighted by molar-refractivity contribution is 5.44. The second kappa shape index (κ2) is 5.80. The third-order valence-electron chi connectivity index (χ3n) is 3.06. The number of benzene rings is 1. The number of rotatable bonds is 5. The van der Waals surface area contributed by atoms with Crippen molar-refractivity contribution in [2.45, 2.75) is 13.0 Å². The number of ether oxygens (including phenoxy) is 1. The molecule has 0 aliphatic carbocycles. The topological polar surface area (TPSA) is 87.3 Å². The summed E-state index contributed by atoms with van der Waals surface area (Å²) in [4.78, 5) is 4.32. The maximum Gasteiger partial charge on any atom is 0.293 e. The van der Waals surface area contributed by atoms with Crippen LogP contribution in [-0.4, -0.2) is 17.3 Å². The van der Waals surface area contributed by atoms with E-state index >= 15 is 0 Å². The Hall–Kier alpha value is -2.60. The van der Waals surface area contributed by atoms with Crippen molar-refractivity contribution in [2.75, 3.05) is 7.11 Å². The predicted molar refractivity (Wildman–Crippen MR) is 75.7 cm³/mol. The van der Waals surface area contributed by atoms with Crippen LogP contribution in [0.1, 0.15) is 17.1 Å². The first-order valence-electron chi connectivity index (χ1n) is 6.53. The largest absolute Gasteiger partial charge is 0.497 e. The van der Waals surface area contributed by atoms with Gasteiger partial charge in [-0.05, 0) is 29.8 Å². The summed E-state index contributed by atoms with van der Waals surface area (Å²) in [5.74, 6) is 2.99. The van der Waals surface area contributed by atoms with Gasteiger partial charge in [0.15, 0.2) is 11.6 Å². The SMILES string of the molecule is COc1ccc(Cc2noc(-c3ccc(CN)o3)n2)cc1. The van der Waals surface area contributed by atoms with Crippen molar-refractivity contribution in [2.24, 2.45) is 5.73 Å². The smallest absolute Gasteiger partial charge is 0.293 e. The molecule has 0 amide bonds. The summed E-state index contributed by atoms with van der Waals surface area (Å²) in [6.45, 7) is 0.340. The molecule has 0 radical (unpaired) electrons. The normalized spacial score (nSPS) is 10.8. The van der Waals surface area contributed by atoms with E-state index in [1.165, 1.54) is 0 Å². The van der Waals surface area contributed by atoms with Gasteiger partial charge in [0.05, 0.1) is 13.7 Å². The zero-order valence-electron chi connectivity index (χ0n) is 11.6. The number of nitrogens with zero attached hydrogens (tertiary/aromatic N) is 2. The Balaban J connectivity index is 1.74. The molecule has 0 aliphatic rings. The molecule has 0 saturated carbocycles. The van der Waals surface area contributed by atoms with Gasteiger partial charge in [0.25, 0.3) is 5.89 Å². The molecule has 0 fully saturated rings. The summed E-state index contributed by atoms with van der Waals surface area (Å²) in [7, 11) is 1.64. The van der Waals surface area contributed by atoms with Gasteiger partial charge in [-0.25, -0.2) is 0 Å². The summed E-state index contributed by atoms with van der Waals surface area (Å²) in [6, 6.07) is 11.3. The number of nitrogens with two attached hydrogens (primary N) is 1. The third kappa shape index (κ3) is 2.95. The molecule has 1 aromatic carbocycles. The highest BCUT2D eigenvalue weighted by Crippen LogP contribution is 2.21. The van der Waals surface area contributed by atoms with Gasteiger partial charge in [-0.2, -0.15) is 4.98 Å². The molecule has 0 unspecified atom stereocenters. The van der Waals surface area contributed by atoms with Crippen LogP contribution in [0.4, 0.5) is 0 Å². The molecule has 6 nitrogen and oxygen atoms in total. The molecule has 2 aromatic heterocycles. The van der Waals surface area contributed by atoms with Crippen LogP contribution < -0.4 is 10.5 Å². The number of methoxy groups -OCH3 is 1. The minimum atomic E-state index is 0.340. The van der Waals surface area contributed by atoms with E-state index in [0.29, 0.717) is 36.2 Å². The minimum absolute atomic E-state index is 0.340. The van der Waals surface area contributed by atoms with Gasteiger partial charge in [-0.1, -0.05) is 17.3 Å². The molecule has 0 spiro atoms. The fourth-order valence-corrected chi connectivity index (χ4v) is 1.95. The lowest BCUT2D eigenvalue weighted by Gasteiger charge is -2.00. The van der Waals surface area contributed by atoms with Gasteiger partial charge < -0.3 is 19.4 Å². The Kier molecular flexibility index (Phi) is 3.70. The molecule has 0 saturated heterocycles. The van der Waals surface area contributed by atoms with Gasteiger partial charge >= 0.3 is 0 Å². The van der Waals surface area contributed by atoms with Crippen molar-refractivity contribution in [1.82, 2.24) is 10.1 Å². The van der Waals surface area contributed by atoms with E-state index in [4.69, 9.17) is 19.4 Å². The first kappa shape index (κ1) is 13.4. The van der Waals surface area contributed by atoms with Gasteiger partial charge in [0.1, 0.15) is 11.5 Å². The van der Waals surface area contributed by atoms with Gasteiger partial charge in [0.2, 0.25) is 0 Å². The summed E-state index contributed by atoms with van der Waals surface area (Å²) < 4.78 is 15.8. The zero-order valence-corrected chi connectivity index (χ0v) is 11.6. The van der Waals surface area contributed by atoms with Crippen LogP contribution >= 0.6 is 0 Å². The Labute approximate surface area is 121 Å². The van der Waals surface area contributed by atoms with Crippen LogP contribution in [0.3, 0.4) is 0 Å². The molecule has 2 N–H and O–H groups in total. The lowest BCUT2D eigenvalue weighted by atomic mass is 10.1. The van der Waals surface area contributed by atoms with Crippen LogP contribution in [0.15, 0.2) is 45.3 Å². The summed E-state index contributed by atoms with van der Waals surface area (Å²) in [5, 5.41) is 3.96. The monoisotopic (exact) mass is 285 g/mol. The fraction of sp³-hybridized carbons (Fsp3) is 0.200. The average molecular weight is 285 g/mol. The van der Waals surface area contributed by atoms with E-state index in [1.54, 1.807) is 19.2 Å². The summed E-state index contributed by atoms with van der Waals surface area (Å²) in [6.07, 6.45) is 0.581. The van der Waals surface area contributed by atoms with Crippen molar-refractivity contribution in [3.8, 4) is 17.4 Å². The van der Waals surface area contributed by atoms with Crippen LogP contribution in [0.2, 0.25) is 0 Å². The molecule has 108 valence electrons. The van der Waals surface area contributed by atoms with Gasteiger partial charge in [-0.3, -0.25) is 0 Å². The van der Waals surface area contributed by atoms with Crippen LogP contribution in [0, 0.1) is 0 Å². The molecule has 2 heterocycles.